The largest absolute Gasteiger partial charge is 0.297 e. The second-order valence-corrected chi connectivity index (χ2v) is 5.60. The van der Waals surface area contributed by atoms with Gasteiger partial charge in [0.25, 0.3) is 0 Å². The molecule has 0 saturated heterocycles. The molecule has 0 bridgehead atoms. The summed E-state index contributed by atoms with van der Waals surface area (Å²) in [5, 5.41) is 1.09. The third-order valence-electron chi connectivity index (χ3n) is 3.11. The molecule has 0 N–H and O–H groups in total. The molecule has 0 spiro atoms. The normalized spacial score (nSPS) is 11.4. The summed E-state index contributed by atoms with van der Waals surface area (Å²) >= 11 is 1.72. The van der Waals surface area contributed by atoms with Crippen LogP contribution in [0.15, 0.2) is 43.0 Å². The average molecular weight is 266 g/mol. The Bertz CT molecular complexity index is 891. The molecular formula is C14H10N4S. The number of imidazole rings is 1. The maximum atomic E-state index is 4.54. The molecule has 0 atom stereocenters. The molecule has 1 aromatic carbocycles. The number of hydrogen-bond acceptors (Lipinski definition) is 4. The minimum Gasteiger partial charge on any atom is -0.297 e. The van der Waals surface area contributed by atoms with Gasteiger partial charge >= 0.3 is 0 Å². The Labute approximate surface area is 113 Å². The van der Waals surface area contributed by atoms with Gasteiger partial charge in [-0.15, -0.1) is 11.3 Å². The number of aryl methyl sites for hydroxylation is 1. The molecule has 0 fully saturated rings. The first kappa shape index (κ1) is 10.6. The lowest BCUT2D eigenvalue weighted by Gasteiger charge is -2.01. The topological polar surface area (TPSA) is 43.1 Å². The highest BCUT2D eigenvalue weighted by Crippen LogP contribution is 2.27. The number of benzene rings is 1. The molecule has 0 aliphatic rings. The first-order chi connectivity index (χ1) is 9.31. The molecule has 3 heterocycles. The van der Waals surface area contributed by atoms with Crippen molar-refractivity contribution in [2.75, 3.05) is 0 Å². The van der Waals surface area contributed by atoms with Gasteiger partial charge in [-0.2, -0.15) is 0 Å². The Morgan fingerprint density at radius 1 is 1.21 bits per heavy atom. The van der Waals surface area contributed by atoms with E-state index >= 15 is 0 Å². The summed E-state index contributed by atoms with van der Waals surface area (Å²) in [5.41, 5.74) is 4.08. The zero-order valence-electron chi connectivity index (χ0n) is 10.2. The fraction of sp³-hybridized carbons (Fsp3) is 0.0714. The molecule has 19 heavy (non-hydrogen) atoms. The number of aromatic nitrogens is 4. The van der Waals surface area contributed by atoms with E-state index in [0.29, 0.717) is 0 Å². The van der Waals surface area contributed by atoms with Gasteiger partial charge in [0.2, 0.25) is 0 Å². The van der Waals surface area contributed by atoms with Crippen LogP contribution in [0.2, 0.25) is 0 Å². The number of nitrogens with zero attached hydrogens (tertiary/aromatic N) is 4. The molecule has 5 heteroatoms. The van der Waals surface area contributed by atoms with Gasteiger partial charge in [0.05, 0.1) is 33.3 Å². The fourth-order valence-electron chi connectivity index (χ4n) is 2.26. The third kappa shape index (κ3) is 1.62. The van der Waals surface area contributed by atoms with E-state index in [9.17, 15) is 0 Å². The van der Waals surface area contributed by atoms with Crippen LogP contribution < -0.4 is 0 Å². The molecule has 0 amide bonds. The second-order valence-electron chi connectivity index (χ2n) is 4.36. The van der Waals surface area contributed by atoms with Crippen molar-refractivity contribution in [1.29, 1.82) is 0 Å². The van der Waals surface area contributed by atoms with Crippen LogP contribution in [0.25, 0.3) is 27.1 Å². The summed E-state index contributed by atoms with van der Waals surface area (Å²) in [4.78, 5) is 13.0. The van der Waals surface area contributed by atoms with Gasteiger partial charge in [-0.1, -0.05) is 6.07 Å². The Hall–Kier alpha value is -2.27. The number of hydrogen-bond donors (Lipinski definition) is 0. The summed E-state index contributed by atoms with van der Waals surface area (Å²) < 4.78 is 3.25. The highest BCUT2D eigenvalue weighted by atomic mass is 32.1. The van der Waals surface area contributed by atoms with Crippen molar-refractivity contribution in [2.24, 2.45) is 0 Å². The molecule has 0 unspecified atom stereocenters. The Kier molecular flexibility index (Phi) is 2.16. The first-order valence-electron chi connectivity index (χ1n) is 5.96. The fourth-order valence-corrected chi connectivity index (χ4v) is 3.07. The quantitative estimate of drug-likeness (QED) is 0.531. The summed E-state index contributed by atoms with van der Waals surface area (Å²) in [6.07, 6.45) is 7.32. The van der Waals surface area contributed by atoms with Crippen LogP contribution in [-0.4, -0.2) is 19.4 Å². The molecule has 4 rings (SSSR count). The zero-order chi connectivity index (χ0) is 12.8. The van der Waals surface area contributed by atoms with E-state index < -0.39 is 0 Å². The predicted molar refractivity (Wildman–Crippen MR) is 76.3 cm³/mol. The van der Waals surface area contributed by atoms with E-state index in [1.54, 1.807) is 23.7 Å². The minimum absolute atomic E-state index is 0.854. The number of fused-ring (bicyclic) bond motifs is 2. The molecule has 4 aromatic rings. The van der Waals surface area contributed by atoms with Crippen LogP contribution in [0.3, 0.4) is 0 Å². The summed E-state index contributed by atoms with van der Waals surface area (Å²) in [5.74, 6) is 0. The van der Waals surface area contributed by atoms with Crippen LogP contribution in [0.1, 0.15) is 5.01 Å². The minimum atomic E-state index is 0.854. The van der Waals surface area contributed by atoms with Gasteiger partial charge in [0, 0.05) is 18.0 Å². The Morgan fingerprint density at radius 2 is 2.16 bits per heavy atom. The maximum absolute atomic E-state index is 4.54. The SMILES string of the molecule is Cc1nc2cc(-c3cnc4cnccn34)ccc2s1. The lowest BCUT2D eigenvalue weighted by Crippen LogP contribution is -1.88. The van der Waals surface area contributed by atoms with Crippen molar-refractivity contribution in [1.82, 2.24) is 19.4 Å². The standard InChI is InChI=1S/C14H10N4S/c1-9-17-11-6-10(2-3-13(11)19-9)12-7-16-14-8-15-4-5-18(12)14/h2-8H,1H3. The second kappa shape index (κ2) is 3.86. The zero-order valence-corrected chi connectivity index (χ0v) is 11.1. The van der Waals surface area contributed by atoms with Gasteiger partial charge in [0.15, 0.2) is 5.65 Å². The smallest absolute Gasteiger partial charge is 0.155 e. The highest BCUT2D eigenvalue weighted by Gasteiger charge is 2.08. The van der Waals surface area contributed by atoms with Gasteiger partial charge in [-0.05, 0) is 19.1 Å². The van der Waals surface area contributed by atoms with Crippen LogP contribution >= 0.6 is 11.3 Å². The van der Waals surface area contributed by atoms with E-state index in [-0.39, 0.29) is 0 Å². The van der Waals surface area contributed by atoms with Crippen LogP contribution in [0.5, 0.6) is 0 Å². The molecule has 3 aromatic heterocycles. The van der Waals surface area contributed by atoms with Gasteiger partial charge < -0.3 is 0 Å². The third-order valence-corrected chi connectivity index (χ3v) is 4.06. The van der Waals surface area contributed by atoms with E-state index in [0.717, 1.165) is 27.4 Å². The molecule has 0 radical (unpaired) electrons. The van der Waals surface area contributed by atoms with Crippen LogP contribution in [-0.2, 0) is 0 Å². The Balaban J connectivity index is 1.98. The summed E-state index contributed by atoms with van der Waals surface area (Å²) in [6.45, 7) is 2.03. The van der Waals surface area contributed by atoms with E-state index in [1.807, 2.05) is 23.7 Å². The van der Waals surface area contributed by atoms with Crippen molar-refractivity contribution < 1.29 is 0 Å². The number of thiazole rings is 1. The van der Waals surface area contributed by atoms with Gasteiger partial charge in [0.1, 0.15) is 0 Å². The Morgan fingerprint density at radius 3 is 3.11 bits per heavy atom. The molecule has 4 nitrogen and oxygen atoms in total. The maximum Gasteiger partial charge on any atom is 0.155 e. The molecule has 92 valence electrons. The van der Waals surface area contributed by atoms with E-state index in [4.69, 9.17) is 0 Å². The van der Waals surface area contributed by atoms with Crippen molar-refractivity contribution >= 4 is 27.2 Å². The predicted octanol–water partition coefficient (Wildman–Crippen LogP) is 3.31. The van der Waals surface area contributed by atoms with Crippen molar-refractivity contribution in [3.8, 4) is 11.3 Å². The average Bonchev–Trinajstić information content (AvgIpc) is 2.99. The van der Waals surface area contributed by atoms with Crippen molar-refractivity contribution in [3.05, 3.63) is 48.0 Å². The lowest BCUT2D eigenvalue weighted by atomic mass is 10.1. The van der Waals surface area contributed by atoms with Crippen molar-refractivity contribution in [3.63, 3.8) is 0 Å². The van der Waals surface area contributed by atoms with Crippen molar-refractivity contribution in [2.45, 2.75) is 6.92 Å². The van der Waals surface area contributed by atoms with E-state index in [2.05, 4.69) is 33.2 Å². The van der Waals surface area contributed by atoms with Crippen LogP contribution in [0, 0.1) is 6.92 Å². The lowest BCUT2D eigenvalue weighted by molar-refractivity contribution is 1.13. The van der Waals surface area contributed by atoms with Gasteiger partial charge in [-0.25, -0.2) is 9.97 Å². The summed E-state index contributed by atoms with van der Waals surface area (Å²) in [6, 6.07) is 6.35. The first-order valence-corrected chi connectivity index (χ1v) is 6.77. The molecule has 0 saturated carbocycles. The number of rotatable bonds is 1. The molecule has 0 aliphatic carbocycles. The van der Waals surface area contributed by atoms with Gasteiger partial charge in [-0.3, -0.25) is 9.38 Å². The van der Waals surface area contributed by atoms with Crippen LogP contribution in [0.4, 0.5) is 0 Å². The molecular weight excluding hydrogens is 256 g/mol. The van der Waals surface area contributed by atoms with E-state index in [1.165, 1.54) is 4.70 Å². The summed E-state index contributed by atoms with van der Waals surface area (Å²) in [7, 11) is 0. The monoisotopic (exact) mass is 266 g/mol. The highest BCUT2D eigenvalue weighted by molar-refractivity contribution is 7.18. The molecule has 0 aliphatic heterocycles.